The van der Waals surface area contributed by atoms with Crippen LogP contribution in [0.2, 0.25) is 0 Å². The molecule has 2 rings (SSSR count). The van der Waals surface area contributed by atoms with Gasteiger partial charge in [-0.25, -0.2) is 18.2 Å². The molecule has 0 spiro atoms. The Labute approximate surface area is 156 Å². The molecule has 12 heteroatoms. The lowest BCUT2D eigenvalue weighted by Gasteiger charge is -2.21. The highest BCUT2D eigenvalue weighted by Gasteiger charge is 2.39. The van der Waals surface area contributed by atoms with Gasteiger partial charge < -0.3 is 10.4 Å². The summed E-state index contributed by atoms with van der Waals surface area (Å²) in [4.78, 5) is 14.7. The summed E-state index contributed by atoms with van der Waals surface area (Å²) in [5, 5.41) is 11.7. The minimum Gasteiger partial charge on any atom is -0.386 e. The summed E-state index contributed by atoms with van der Waals surface area (Å²) in [5.74, 6) is -2.42. The summed E-state index contributed by atoms with van der Waals surface area (Å²) < 4.78 is 78.8. The van der Waals surface area contributed by atoms with Crippen molar-refractivity contribution in [1.29, 1.82) is 0 Å². The fourth-order valence-corrected chi connectivity index (χ4v) is 2.53. The summed E-state index contributed by atoms with van der Waals surface area (Å²) in [7, 11) is 0. The van der Waals surface area contributed by atoms with Crippen molar-refractivity contribution < 1.29 is 31.4 Å². The first-order chi connectivity index (χ1) is 13.0. The van der Waals surface area contributed by atoms with Crippen molar-refractivity contribution in [3.05, 3.63) is 11.7 Å². The highest BCUT2D eigenvalue weighted by atomic mass is 19.4. The smallest absolute Gasteiger partial charge is 0.386 e. The molecule has 0 radical (unpaired) electrons. The van der Waals surface area contributed by atoms with Gasteiger partial charge in [-0.2, -0.15) is 28.1 Å². The van der Waals surface area contributed by atoms with Crippen molar-refractivity contribution in [2.24, 2.45) is 4.99 Å². The maximum Gasteiger partial charge on any atom is 0.408 e. The van der Waals surface area contributed by atoms with E-state index in [1.807, 2.05) is 0 Å². The van der Waals surface area contributed by atoms with Gasteiger partial charge >= 0.3 is 6.18 Å². The average molecular weight is 411 g/mol. The predicted octanol–water partition coefficient (Wildman–Crippen LogP) is 4.21. The molecule has 156 valence electrons. The van der Waals surface area contributed by atoms with E-state index in [0.29, 0.717) is 6.42 Å². The number of aliphatic hydroxyl groups is 1. The molecule has 0 fully saturated rings. The SMILES string of the molecule is CC[C@@H](Nc1nc(N=C(C)C(F)F)nc(C2=C(F)C(O)CCC2)n1)C(F)(F)F. The Balaban J connectivity index is 2.53. The Bertz CT molecular complexity index is 764. The van der Waals surface area contributed by atoms with E-state index in [4.69, 9.17) is 0 Å². The van der Waals surface area contributed by atoms with E-state index >= 15 is 0 Å². The van der Waals surface area contributed by atoms with Gasteiger partial charge in [-0.3, -0.25) is 0 Å². The lowest BCUT2D eigenvalue weighted by Crippen LogP contribution is -2.36. The molecule has 1 aromatic heterocycles. The van der Waals surface area contributed by atoms with Crippen molar-refractivity contribution in [3.63, 3.8) is 0 Å². The Morgan fingerprint density at radius 3 is 2.54 bits per heavy atom. The molecule has 6 nitrogen and oxygen atoms in total. The monoisotopic (exact) mass is 411 g/mol. The van der Waals surface area contributed by atoms with Crippen LogP contribution in [0.3, 0.4) is 0 Å². The molecule has 0 amide bonds. The van der Waals surface area contributed by atoms with Crippen LogP contribution in [0.4, 0.5) is 38.2 Å². The number of rotatable bonds is 6. The molecule has 1 aliphatic rings. The standard InChI is InChI=1S/C16H19F6N5O/c1-3-10(16(20,21)22)24-15-26-13(8-5-4-6-9(28)11(8)17)25-14(27-15)23-7(2)12(18)19/h9-10,12,28H,3-6H2,1-2H3,(H,24,25,26,27)/t9?,10-/m1/s1. The highest BCUT2D eigenvalue weighted by Crippen LogP contribution is 2.33. The number of aliphatic imine (C=N–C) groups is 1. The number of nitrogens with one attached hydrogen (secondary N) is 1. The Morgan fingerprint density at radius 1 is 1.29 bits per heavy atom. The highest BCUT2D eigenvalue weighted by molar-refractivity contribution is 5.86. The molecule has 1 unspecified atom stereocenters. The first-order valence-electron chi connectivity index (χ1n) is 8.52. The minimum atomic E-state index is -4.62. The molecule has 0 saturated carbocycles. The van der Waals surface area contributed by atoms with E-state index in [0.717, 1.165) is 6.92 Å². The third-order valence-corrected chi connectivity index (χ3v) is 4.08. The molecule has 0 aliphatic heterocycles. The van der Waals surface area contributed by atoms with Crippen LogP contribution in [-0.4, -0.2) is 50.5 Å². The van der Waals surface area contributed by atoms with Gasteiger partial charge in [0, 0.05) is 5.57 Å². The number of aromatic nitrogens is 3. The molecule has 2 N–H and O–H groups in total. The molecule has 28 heavy (non-hydrogen) atoms. The molecule has 1 aromatic rings. The number of hydrogen-bond donors (Lipinski definition) is 2. The normalized spacial score (nSPS) is 19.9. The fourth-order valence-electron chi connectivity index (χ4n) is 2.53. The van der Waals surface area contributed by atoms with Crippen molar-refractivity contribution >= 4 is 23.2 Å². The molecule has 0 saturated heterocycles. The molecular weight excluding hydrogens is 392 g/mol. The van der Waals surface area contributed by atoms with Crippen molar-refractivity contribution in [1.82, 2.24) is 15.0 Å². The number of anilines is 1. The van der Waals surface area contributed by atoms with Crippen LogP contribution in [-0.2, 0) is 0 Å². The first-order valence-corrected chi connectivity index (χ1v) is 8.52. The van der Waals surface area contributed by atoms with E-state index in [1.165, 1.54) is 6.92 Å². The summed E-state index contributed by atoms with van der Waals surface area (Å²) in [5.41, 5.74) is -0.778. The summed E-state index contributed by atoms with van der Waals surface area (Å²) in [6.45, 7) is 2.28. The third-order valence-electron chi connectivity index (χ3n) is 4.08. The Morgan fingerprint density at radius 2 is 1.96 bits per heavy atom. The van der Waals surface area contributed by atoms with Crippen LogP contribution < -0.4 is 5.32 Å². The summed E-state index contributed by atoms with van der Waals surface area (Å²) >= 11 is 0. The van der Waals surface area contributed by atoms with Crippen molar-refractivity contribution in [3.8, 4) is 0 Å². The fraction of sp³-hybridized carbons (Fsp3) is 0.625. The zero-order chi connectivity index (χ0) is 21.1. The van der Waals surface area contributed by atoms with Gasteiger partial charge in [0.1, 0.15) is 18.0 Å². The lowest BCUT2D eigenvalue weighted by atomic mass is 9.96. The summed E-state index contributed by atoms with van der Waals surface area (Å²) in [6.07, 6.45) is -8.59. The van der Waals surface area contributed by atoms with Gasteiger partial charge in [0.15, 0.2) is 5.82 Å². The molecule has 1 aliphatic carbocycles. The topological polar surface area (TPSA) is 83.3 Å². The zero-order valence-electron chi connectivity index (χ0n) is 15.1. The quantitative estimate of drug-likeness (QED) is 0.541. The largest absolute Gasteiger partial charge is 0.408 e. The van der Waals surface area contributed by atoms with E-state index in [1.54, 1.807) is 0 Å². The number of aliphatic hydroxyl groups excluding tert-OH is 1. The van der Waals surface area contributed by atoms with Crippen molar-refractivity contribution in [2.75, 3.05) is 5.32 Å². The van der Waals surface area contributed by atoms with Crippen LogP contribution in [0, 0.1) is 0 Å². The second kappa shape index (κ2) is 8.84. The van der Waals surface area contributed by atoms with Crippen LogP contribution >= 0.6 is 0 Å². The number of alkyl halides is 5. The number of halogens is 6. The first kappa shape index (κ1) is 22.1. The average Bonchev–Trinajstić information content (AvgIpc) is 2.60. The molecule has 0 aromatic carbocycles. The minimum absolute atomic E-state index is 0.115. The van der Waals surface area contributed by atoms with Gasteiger partial charge in [-0.1, -0.05) is 6.92 Å². The summed E-state index contributed by atoms with van der Waals surface area (Å²) in [6, 6.07) is -2.01. The van der Waals surface area contributed by atoms with Gasteiger partial charge in [0.25, 0.3) is 12.4 Å². The van der Waals surface area contributed by atoms with Gasteiger partial charge in [0.2, 0.25) is 5.95 Å². The Hall–Kier alpha value is -2.24. The van der Waals surface area contributed by atoms with E-state index in [-0.39, 0.29) is 30.7 Å². The van der Waals surface area contributed by atoms with Gasteiger partial charge in [-0.15, -0.1) is 0 Å². The van der Waals surface area contributed by atoms with Crippen LogP contribution in [0.25, 0.3) is 5.57 Å². The van der Waals surface area contributed by atoms with Crippen molar-refractivity contribution in [2.45, 2.75) is 64.3 Å². The van der Waals surface area contributed by atoms with Gasteiger partial charge in [-0.05, 0) is 32.6 Å². The number of allylic oxidation sites excluding steroid dienone is 1. The van der Waals surface area contributed by atoms with Crippen LogP contribution in [0.1, 0.15) is 45.4 Å². The third kappa shape index (κ3) is 5.40. The van der Waals surface area contributed by atoms with E-state index in [9.17, 15) is 31.4 Å². The Kier molecular flexibility index (Phi) is 6.96. The number of hydrogen-bond acceptors (Lipinski definition) is 6. The van der Waals surface area contributed by atoms with E-state index in [2.05, 4.69) is 25.3 Å². The zero-order valence-corrected chi connectivity index (χ0v) is 15.1. The molecule has 2 atom stereocenters. The maximum absolute atomic E-state index is 14.3. The molecule has 1 heterocycles. The van der Waals surface area contributed by atoms with Gasteiger partial charge in [0.05, 0.1) is 5.71 Å². The molecular formula is C16H19F6N5O. The predicted molar refractivity (Wildman–Crippen MR) is 90.2 cm³/mol. The lowest BCUT2D eigenvalue weighted by molar-refractivity contribution is -0.143. The number of nitrogens with zero attached hydrogens (tertiary/aromatic N) is 4. The maximum atomic E-state index is 14.3. The second-order valence-corrected chi connectivity index (χ2v) is 6.22. The van der Waals surface area contributed by atoms with E-state index < -0.39 is 48.2 Å². The molecule has 0 bridgehead atoms. The van der Waals surface area contributed by atoms with Crippen LogP contribution in [0.15, 0.2) is 10.8 Å². The van der Waals surface area contributed by atoms with Crippen LogP contribution in [0.5, 0.6) is 0 Å². The second-order valence-electron chi connectivity index (χ2n) is 6.22.